The lowest BCUT2D eigenvalue weighted by Crippen LogP contribution is -2.58. The number of hydrogen-bond acceptors (Lipinski definition) is 6. The van der Waals surface area contributed by atoms with Crippen molar-refractivity contribution in [3.8, 4) is 0 Å². The second kappa shape index (κ2) is 12.7. The summed E-state index contributed by atoms with van der Waals surface area (Å²) in [6, 6.07) is 14.6. The summed E-state index contributed by atoms with van der Waals surface area (Å²) in [6.45, 7) is 0.115. The number of carbonyl (C=O) groups excluding carboxylic acids is 4. The van der Waals surface area contributed by atoms with Gasteiger partial charge in [-0.05, 0) is 85.5 Å². The van der Waals surface area contributed by atoms with Gasteiger partial charge in [-0.15, -0.1) is 0 Å². The molecule has 43 heavy (non-hydrogen) atoms. The van der Waals surface area contributed by atoms with Gasteiger partial charge in [0.25, 0.3) is 0 Å². The molecule has 2 aromatic carbocycles. The average Bonchev–Trinajstić information content (AvgIpc) is 3.00. The molecule has 10 nitrogen and oxygen atoms in total. The molecule has 0 aromatic heterocycles. The Bertz CT molecular complexity index is 1320. The van der Waals surface area contributed by atoms with Gasteiger partial charge < -0.3 is 30.3 Å². The Morgan fingerprint density at radius 3 is 2.21 bits per heavy atom. The van der Waals surface area contributed by atoms with Crippen molar-refractivity contribution in [3.05, 3.63) is 65.7 Å². The van der Waals surface area contributed by atoms with Crippen LogP contribution in [0.2, 0.25) is 0 Å². The number of alkyl carbamates (subject to hydrolysis) is 1. The van der Waals surface area contributed by atoms with Crippen molar-refractivity contribution >= 4 is 29.7 Å². The number of para-hydroxylation sites is 1. The molecule has 5 aliphatic rings. The molecule has 0 spiro atoms. The summed E-state index contributed by atoms with van der Waals surface area (Å²) in [5, 5.41) is 8.28. The number of benzene rings is 2. The SMILES string of the molecule is COC(=O)C[C@H]1Cc2ccccc2CN1C(=O)[C@H](CNC(=O)OC1C2CC3CC(C2)CC1C3)NC(=O)Nc1ccccc1. The minimum Gasteiger partial charge on any atom is -0.469 e. The van der Waals surface area contributed by atoms with Crippen molar-refractivity contribution in [2.24, 2.45) is 23.7 Å². The first kappa shape index (κ1) is 29.0. The Morgan fingerprint density at radius 2 is 1.53 bits per heavy atom. The molecule has 4 amide bonds. The summed E-state index contributed by atoms with van der Waals surface area (Å²) in [5.74, 6) is 1.50. The topological polar surface area (TPSA) is 126 Å². The maximum atomic E-state index is 14.1. The normalized spacial score (nSPS) is 27.4. The highest BCUT2D eigenvalue weighted by Crippen LogP contribution is 2.54. The van der Waals surface area contributed by atoms with Gasteiger partial charge in [0, 0.05) is 18.3 Å². The minimum atomic E-state index is -1.10. The number of carbonyl (C=O) groups is 4. The van der Waals surface area contributed by atoms with Crippen LogP contribution in [0.4, 0.5) is 15.3 Å². The quantitative estimate of drug-likeness (QED) is 0.396. The summed E-state index contributed by atoms with van der Waals surface area (Å²) in [5.41, 5.74) is 2.60. The number of urea groups is 1. The monoisotopic (exact) mass is 588 g/mol. The van der Waals surface area contributed by atoms with Gasteiger partial charge in [-0.25, -0.2) is 9.59 Å². The standard InChI is InChI=1S/C33H40N4O6/c1-42-29(38)17-27-16-22-7-5-6-8-23(22)19-37(27)31(39)28(36-32(40)35-26-9-3-2-4-10-26)18-34-33(41)43-30-24-12-20-11-21(14-24)15-25(30)13-20/h2-10,20-21,24-25,27-28,30H,11-19H2,1H3,(H,34,41)(H2,35,36,40)/t20?,21?,24?,25?,27-,28+,30?/m1/s1. The van der Waals surface area contributed by atoms with Gasteiger partial charge in [0.15, 0.2) is 0 Å². The van der Waals surface area contributed by atoms with Crippen LogP contribution in [-0.4, -0.2) is 60.7 Å². The number of esters is 1. The molecule has 2 atom stereocenters. The third-order valence-corrected chi connectivity index (χ3v) is 9.74. The molecule has 7 rings (SSSR count). The molecule has 4 bridgehead atoms. The van der Waals surface area contributed by atoms with Gasteiger partial charge in [0.05, 0.1) is 20.1 Å². The van der Waals surface area contributed by atoms with Crippen LogP contribution in [0.25, 0.3) is 0 Å². The smallest absolute Gasteiger partial charge is 0.407 e. The van der Waals surface area contributed by atoms with E-state index >= 15 is 0 Å². The molecule has 4 fully saturated rings. The Morgan fingerprint density at radius 1 is 0.884 bits per heavy atom. The van der Waals surface area contributed by atoms with E-state index in [4.69, 9.17) is 9.47 Å². The predicted octanol–water partition coefficient (Wildman–Crippen LogP) is 4.24. The van der Waals surface area contributed by atoms with Crippen LogP contribution < -0.4 is 16.0 Å². The van der Waals surface area contributed by atoms with Crippen LogP contribution >= 0.6 is 0 Å². The highest BCUT2D eigenvalue weighted by molar-refractivity contribution is 5.94. The van der Waals surface area contributed by atoms with Gasteiger partial charge >= 0.3 is 18.1 Å². The van der Waals surface area contributed by atoms with Gasteiger partial charge in [-0.1, -0.05) is 42.5 Å². The van der Waals surface area contributed by atoms with Crippen molar-refractivity contribution in [1.82, 2.24) is 15.5 Å². The predicted molar refractivity (Wildman–Crippen MR) is 159 cm³/mol. The third kappa shape index (κ3) is 6.63. The molecular formula is C33H40N4O6. The summed E-state index contributed by atoms with van der Waals surface area (Å²) in [6.07, 6.45) is 5.59. The van der Waals surface area contributed by atoms with Crippen molar-refractivity contribution < 1.29 is 28.7 Å². The number of amides is 4. The van der Waals surface area contributed by atoms with Crippen LogP contribution in [0.5, 0.6) is 0 Å². The zero-order chi connectivity index (χ0) is 29.9. The maximum absolute atomic E-state index is 14.1. The summed E-state index contributed by atoms with van der Waals surface area (Å²) >= 11 is 0. The summed E-state index contributed by atoms with van der Waals surface area (Å²) in [7, 11) is 1.32. The fraction of sp³-hybridized carbons (Fsp3) is 0.515. The first-order valence-corrected chi connectivity index (χ1v) is 15.4. The zero-order valence-electron chi connectivity index (χ0n) is 24.5. The molecule has 4 saturated carbocycles. The molecule has 10 heteroatoms. The van der Waals surface area contributed by atoms with E-state index in [9.17, 15) is 19.2 Å². The Kier molecular flexibility index (Phi) is 8.54. The number of rotatable bonds is 8. The van der Waals surface area contributed by atoms with Gasteiger partial charge in [0.1, 0.15) is 12.1 Å². The van der Waals surface area contributed by atoms with Crippen molar-refractivity contribution in [1.29, 1.82) is 0 Å². The van der Waals surface area contributed by atoms with Gasteiger partial charge in [-0.2, -0.15) is 0 Å². The van der Waals surface area contributed by atoms with E-state index in [1.165, 1.54) is 13.5 Å². The summed E-state index contributed by atoms with van der Waals surface area (Å²) < 4.78 is 10.9. The van der Waals surface area contributed by atoms with Crippen LogP contribution in [0.1, 0.15) is 49.7 Å². The molecule has 0 unspecified atom stereocenters. The Hall–Kier alpha value is -4.08. The van der Waals surface area contributed by atoms with E-state index in [1.807, 2.05) is 30.3 Å². The fourth-order valence-corrected chi connectivity index (χ4v) is 7.97. The number of nitrogens with zero attached hydrogens (tertiary/aromatic N) is 1. The first-order chi connectivity index (χ1) is 20.9. The van der Waals surface area contributed by atoms with E-state index in [1.54, 1.807) is 29.2 Å². The van der Waals surface area contributed by atoms with E-state index < -0.39 is 36.1 Å². The van der Waals surface area contributed by atoms with Crippen LogP contribution in [0.15, 0.2) is 54.6 Å². The second-order valence-electron chi connectivity index (χ2n) is 12.6. The molecule has 0 radical (unpaired) electrons. The molecule has 1 aliphatic heterocycles. The lowest BCUT2D eigenvalue weighted by Gasteiger charge is -2.53. The number of ether oxygens (including phenoxy) is 2. The Labute approximate surface area is 251 Å². The van der Waals surface area contributed by atoms with E-state index in [-0.39, 0.29) is 25.6 Å². The molecule has 1 heterocycles. The highest BCUT2D eigenvalue weighted by Gasteiger charge is 2.50. The lowest BCUT2D eigenvalue weighted by atomic mass is 9.55. The Balaban J connectivity index is 1.16. The lowest BCUT2D eigenvalue weighted by molar-refractivity contribution is -0.145. The second-order valence-corrected chi connectivity index (χ2v) is 12.6. The van der Waals surface area contributed by atoms with Crippen molar-refractivity contribution in [3.63, 3.8) is 0 Å². The fourth-order valence-electron chi connectivity index (χ4n) is 7.97. The van der Waals surface area contributed by atoms with Gasteiger partial charge in [-0.3, -0.25) is 9.59 Å². The molecule has 228 valence electrons. The molecular weight excluding hydrogens is 548 g/mol. The molecule has 4 aliphatic carbocycles. The number of methoxy groups -OCH3 is 1. The highest BCUT2D eigenvalue weighted by atomic mass is 16.6. The minimum absolute atomic E-state index is 0.0153. The van der Waals surface area contributed by atoms with Gasteiger partial charge in [0.2, 0.25) is 5.91 Å². The number of nitrogens with one attached hydrogen (secondary N) is 3. The van der Waals surface area contributed by atoms with E-state index in [0.717, 1.165) is 48.6 Å². The molecule has 2 aromatic rings. The van der Waals surface area contributed by atoms with E-state index in [0.29, 0.717) is 23.9 Å². The van der Waals surface area contributed by atoms with E-state index in [2.05, 4.69) is 16.0 Å². The van der Waals surface area contributed by atoms with Crippen LogP contribution in [-0.2, 0) is 32.0 Å². The summed E-state index contributed by atoms with van der Waals surface area (Å²) in [4.78, 5) is 54.1. The number of anilines is 1. The third-order valence-electron chi connectivity index (χ3n) is 9.74. The molecule has 0 saturated heterocycles. The largest absolute Gasteiger partial charge is 0.469 e. The first-order valence-electron chi connectivity index (χ1n) is 15.4. The molecule has 3 N–H and O–H groups in total. The maximum Gasteiger partial charge on any atom is 0.407 e. The average molecular weight is 589 g/mol. The van der Waals surface area contributed by atoms with Crippen molar-refractivity contribution in [2.45, 2.75) is 69.7 Å². The van der Waals surface area contributed by atoms with Crippen molar-refractivity contribution in [2.75, 3.05) is 19.0 Å². The van der Waals surface area contributed by atoms with Crippen LogP contribution in [0.3, 0.4) is 0 Å². The zero-order valence-corrected chi connectivity index (χ0v) is 24.5. The van der Waals surface area contributed by atoms with Crippen LogP contribution in [0, 0.1) is 23.7 Å². The number of fused-ring (bicyclic) bond motifs is 1. The number of hydrogen-bond donors (Lipinski definition) is 3.